The highest BCUT2D eigenvalue weighted by molar-refractivity contribution is 7.89. The molecule has 2 saturated heterocycles. The molecular weight excluding hydrogens is 331 g/mol. The van der Waals surface area contributed by atoms with Gasteiger partial charge in [0.15, 0.2) is 0 Å². The molecule has 0 aromatic heterocycles. The van der Waals surface area contributed by atoms with Crippen LogP contribution in [-0.4, -0.2) is 37.9 Å². The third-order valence-electron chi connectivity index (χ3n) is 4.29. The smallest absolute Gasteiger partial charge is 0.244 e. The van der Waals surface area contributed by atoms with E-state index in [-0.39, 0.29) is 22.0 Å². The van der Waals surface area contributed by atoms with Crippen molar-refractivity contribution in [1.82, 2.24) is 9.62 Å². The number of nitrogens with one attached hydrogen (secondary N) is 1. The highest BCUT2D eigenvalue weighted by Gasteiger charge is 2.41. The van der Waals surface area contributed by atoms with Crippen molar-refractivity contribution in [2.45, 2.75) is 42.7 Å². The first-order valence-corrected chi connectivity index (χ1v) is 9.40. The lowest BCUT2D eigenvalue weighted by atomic mass is 10.1. The van der Waals surface area contributed by atoms with E-state index in [0.29, 0.717) is 11.6 Å². The predicted octanol–water partition coefficient (Wildman–Crippen LogP) is 2.90. The zero-order valence-corrected chi connectivity index (χ0v) is 13.9. The van der Waals surface area contributed by atoms with E-state index in [1.165, 1.54) is 12.1 Å². The Kier molecular flexibility index (Phi) is 4.48. The van der Waals surface area contributed by atoms with Crippen molar-refractivity contribution in [3.8, 4) is 0 Å². The first kappa shape index (κ1) is 15.6. The van der Waals surface area contributed by atoms with Crippen molar-refractivity contribution in [3.63, 3.8) is 0 Å². The molecule has 0 aliphatic carbocycles. The molecule has 2 aliphatic rings. The van der Waals surface area contributed by atoms with Gasteiger partial charge in [0.2, 0.25) is 10.0 Å². The van der Waals surface area contributed by atoms with Crippen molar-refractivity contribution in [2.24, 2.45) is 0 Å². The standard InChI is InChI=1S/C14H18Cl2N2O2S/c15-10-5-6-11(16)14(9-10)21(19,20)18-8-2-4-13(18)12-3-1-7-17-12/h5-6,9,12-13,17H,1-4,7-8H2. The minimum absolute atomic E-state index is 0.0209. The molecule has 0 radical (unpaired) electrons. The molecule has 2 unspecified atom stereocenters. The Labute approximate surface area is 135 Å². The predicted molar refractivity (Wildman–Crippen MR) is 84.4 cm³/mol. The van der Waals surface area contributed by atoms with Crippen LogP contribution in [0.5, 0.6) is 0 Å². The van der Waals surface area contributed by atoms with Crippen LogP contribution in [-0.2, 0) is 10.0 Å². The maximum absolute atomic E-state index is 12.9. The monoisotopic (exact) mass is 348 g/mol. The summed E-state index contributed by atoms with van der Waals surface area (Å²) in [7, 11) is -3.60. The largest absolute Gasteiger partial charge is 0.312 e. The van der Waals surface area contributed by atoms with E-state index in [9.17, 15) is 8.42 Å². The molecule has 1 aromatic carbocycles. The summed E-state index contributed by atoms with van der Waals surface area (Å²) in [5.41, 5.74) is 0. The molecule has 116 valence electrons. The molecule has 4 nitrogen and oxygen atoms in total. The van der Waals surface area contributed by atoms with Gasteiger partial charge in [0, 0.05) is 23.7 Å². The van der Waals surface area contributed by atoms with E-state index < -0.39 is 10.0 Å². The molecule has 2 fully saturated rings. The second-order valence-corrected chi connectivity index (χ2v) is 8.31. The van der Waals surface area contributed by atoms with Crippen LogP contribution in [0.3, 0.4) is 0 Å². The Bertz CT molecular complexity index is 630. The molecule has 2 aliphatic heterocycles. The number of halogens is 2. The van der Waals surface area contributed by atoms with Gasteiger partial charge in [0.05, 0.1) is 5.02 Å². The molecule has 0 bridgehead atoms. The van der Waals surface area contributed by atoms with Crippen molar-refractivity contribution >= 4 is 33.2 Å². The van der Waals surface area contributed by atoms with E-state index in [1.54, 1.807) is 10.4 Å². The molecule has 21 heavy (non-hydrogen) atoms. The van der Waals surface area contributed by atoms with Gasteiger partial charge in [-0.3, -0.25) is 0 Å². The van der Waals surface area contributed by atoms with Crippen LogP contribution in [0.1, 0.15) is 25.7 Å². The Morgan fingerprint density at radius 2 is 2.00 bits per heavy atom. The van der Waals surface area contributed by atoms with Crippen molar-refractivity contribution in [2.75, 3.05) is 13.1 Å². The van der Waals surface area contributed by atoms with Gasteiger partial charge in [0.25, 0.3) is 0 Å². The second kappa shape index (κ2) is 6.05. The Morgan fingerprint density at radius 1 is 1.19 bits per heavy atom. The van der Waals surface area contributed by atoms with Crippen LogP contribution in [0.4, 0.5) is 0 Å². The van der Waals surface area contributed by atoms with Gasteiger partial charge in [-0.1, -0.05) is 23.2 Å². The average molecular weight is 349 g/mol. The summed E-state index contributed by atoms with van der Waals surface area (Å²) in [5.74, 6) is 0. The molecule has 2 atom stereocenters. The maximum Gasteiger partial charge on any atom is 0.244 e. The van der Waals surface area contributed by atoms with Crippen LogP contribution in [0.15, 0.2) is 23.1 Å². The van der Waals surface area contributed by atoms with Crippen LogP contribution in [0, 0.1) is 0 Å². The van der Waals surface area contributed by atoms with Crippen LogP contribution in [0.2, 0.25) is 10.0 Å². The molecule has 0 amide bonds. The van der Waals surface area contributed by atoms with E-state index in [4.69, 9.17) is 23.2 Å². The lowest BCUT2D eigenvalue weighted by Gasteiger charge is -2.29. The third kappa shape index (κ3) is 2.94. The minimum Gasteiger partial charge on any atom is -0.312 e. The first-order chi connectivity index (χ1) is 10.00. The maximum atomic E-state index is 12.9. The number of nitrogens with zero attached hydrogens (tertiary/aromatic N) is 1. The quantitative estimate of drug-likeness (QED) is 0.913. The first-order valence-electron chi connectivity index (χ1n) is 7.20. The lowest BCUT2D eigenvalue weighted by molar-refractivity contribution is 0.322. The van der Waals surface area contributed by atoms with E-state index in [1.807, 2.05) is 0 Å². The highest BCUT2D eigenvalue weighted by atomic mass is 35.5. The van der Waals surface area contributed by atoms with Crippen molar-refractivity contribution < 1.29 is 8.42 Å². The minimum atomic E-state index is -3.60. The number of hydrogen-bond donors (Lipinski definition) is 1. The normalized spacial score (nSPS) is 27.3. The summed E-state index contributed by atoms with van der Waals surface area (Å²) < 4.78 is 27.5. The Morgan fingerprint density at radius 3 is 2.71 bits per heavy atom. The Balaban J connectivity index is 1.95. The number of rotatable bonds is 3. The van der Waals surface area contributed by atoms with Gasteiger partial charge in [0.1, 0.15) is 4.90 Å². The molecular formula is C14H18Cl2N2O2S. The lowest BCUT2D eigenvalue weighted by Crippen LogP contribution is -2.46. The Hall–Kier alpha value is -0.330. The van der Waals surface area contributed by atoms with Crippen LogP contribution < -0.4 is 5.32 Å². The summed E-state index contributed by atoms with van der Waals surface area (Å²) >= 11 is 12.0. The van der Waals surface area contributed by atoms with Gasteiger partial charge >= 0.3 is 0 Å². The molecule has 2 heterocycles. The molecule has 3 rings (SSSR count). The summed E-state index contributed by atoms with van der Waals surface area (Å²) in [6.45, 7) is 1.51. The van der Waals surface area contributed by atoms with Crippen LogP contribution in [0.25, 0.3) is 0 Å². The second-order valence-electron chi connectivity index (χ2n) is 5.60. The third-order valence-corrected chi connectivity index (χ3v) is 6.93. The van der Waals surface area contributed by atoms with Gasteiger partial charge in [-0.25, -0.2) is 8.42 Å². The zero-order valence-electron chi connectivity index (χ0n) is 11.6. The van der Waals surface area contributed by atoms with Crippen LogP contribution >= 0.6 is 23.2 Å². The molecule has 1 N–H and O–H groups in total. The fourth-order valence-corrected chi connectivity index (χ4v) is 5.78. The molecule has 7 heteroatoms. The van der Waals surface area contributed by atoms with Gasteiger partial charge in [-0.05, 0) is 50.4 Å². The fourth-order valence-electron chi connectivity index (χ4n) is 3.31. The number of benzene rings is 1. The summed E-state index contributed by atoms with van der Waals surface area (Å²) in [6, 6.07) is 4.85. The number of sulfonamides is 1. The van der Waals surface area contributed by atoms with Gasteiger partial charge in [-0.2, -0.15) is 4.31 Å². The van der Waals surface area contributed by atoms with Crippen molar-refractivity contribution in [1.29, 1.82) is 0 Å². The zero-order chi connectivity index (χ0) is 15.0. The highest BCUT2D eigenvalue weighted by Crippen LogP contribution is 2.34. The van der Waals surface area contributed by atoms with E-state index in [2.05, 4.69) is 5.32 Å². The van der Waals surface area contributed by atoms with E-state index in [0.717, 1.165) is 32.2 Å². The summed E-state index contributed by atoms with van der Waals surface area (Å²) in [6.07, 6.45) is 3.92. The van der Waals surface area contributed by atoms with Crippen molar-refractivity contribution in [3.05, 3.63) is 28.2 Å². The molecule has 0 saturated carbocycles. The van der Waals surface area contributed by atoms with E-state index >= 15 is 0 Å². The number of hydrogen-bond acceptors (Lipinski definition) is 3. The average Bonchev–Trinajstić information content (AvgIpc) is 3.10. The fraction of sp³-hybridized carbons (Fsp3) is 0.571. The molecule has 1 aromatic rings. The van der Waals surface area contributed by atoms with Gasteiger partial charge < -0.3 is 5.32 Å². The molecule has 0 spiro atoms. The summed E-state index contributed by atoms with van der Waals surface area (Å²) in [4.78, 5) is 0.113. The van der Waals surface area contributed by atoms with Gasteiger partial charge in [-0.15, -0.1) is 0 Å². The summed E-state index contributed by atoms with van der Waals surface area (Å²) in [5, 5.41) is 4.02. The SMILES string of the molecule is O=S(=O)(c1cc(Cl)ccc1Cl)N1CCCC1C1CCCN1. The topological polar surface area (TPSA) is 49.4 Å².